The molecule has 0 bridgehead atoms. The van der Waals surface area contributed by atoms with Crippen LogP contribution in [0.3, 0.4) is 0 Å². The number of carbonyl (C=O) groups excluding carboxylic acids is 3. The van der Waals surface area contributed by atoms with Gasteiger partial charge in [-0.1, -0.05) is 0 Å². The van der Waals surface area contributed by atoms with E-state index in [2.05, 4.69) is 20.6 Å². The zero-order chi connectivity index (χ0) is 21.9. The van der Waals surface area contributed by atoms with Gasteiger partial charge in [0.05, 0.1) is 35.8 Å². The average Bonchev–Trinajstić information content (AvgIpc) is 2.71. The number of nitrogens with zero attached hydrogens (tertiary/aromatic N) is 3. The lowest BCUT2D eigenvalue weighted by molar-refractivity contribution is -0.153. The van der Waals surface area contributed by atoms with Crippen molar-refractivity contribution in [2.75, 3.05) is 11.4 Å². The summed E-state index contributed by atoms with van der Waals surface area (Å²) >= 11 is 0. The van der Waals surface area contributed by atoms with E-state index in [1.807, 2.05) is 6.92 Å². The lowest BCUT2D eigenvalue weighted by Crippen LogP contribution is -2.75. The van der Waals surface area contributed by atoms with Crippen LogP contribution in [0.25, 0.3) is 11.3 Å². The van der Waals surface area contributed by atoms with Crippen molar-refractivity contribution in [3.05, 3.63) is 42.1 Å². The fourth-order valence-corrected chi connectivity index (χ4v) is 5.13. The first-order valence-electron chi connectivity index (χ1n) is 9.99. The molecule has 3 aliphatic heterocycles. The Morgan fingerprint density at radius 1 is 1.16 bits per heavy atom. The van der Waals surface area contributed by atoms with Crippen LogP contribution < -0.4 is 15.5 Å². The summed E-state index contributed by atoms with van der Waals surface area (Å²) in [5.74, 6) is -1.90. The number of hydrogen-bond acceptors (Lipinski definition) is 7. The molecule has 3 aliphatic rings. The number of benzene rings is 1. The van der Waals surface area contributed by atoms with Crippen LogP contribution in [-0.4, -0.2) is 52.6 Å². The number of amides is 4. The maximum atomic E-state index is 15.5. The number of ether oxygens (including phenoxy) is 1. The van der Waals surface area contributed by atoms with Crippen molar-refractivity contribution in [1.82, 2.24) is 20.6 Å². The Balaban J connectivity index is 1.72. The summed E-state index contributed by atoms with van der Waals surface area (Å²) in [5.41, 5.74) is 0.130. The molecule has 1 aromatic carbocycles. The van der Waals surface area contributed by atoms with Gasteiger partial charge in [-0.2, -0.15) is 0 Å². The number of rotatable bonds is 1. The first-order chi connectivity index (χ1) is 14.8. The third-order valence-electron chi connectivity index (χ3n) is 6.21. The topological polar surface area (TPSA) is 114 Å². The molecule has 0 saturated carbocycles. The van der Waals surface area contributed by atoms with Gasteiger partial charge in [-0.15, -0.1) is 0 Å². The maximum Gasteiger partial charge on any atom is 0.328 e. The van der Waals surface area contributed by atoms with Crippen molar-refractivity contribution < 1.29 is 23.5 Å². The van der Waals surface area contributed by atoms with Crippen LogP contribution in [0, 0.1) is 11.2 Å². The van der Waals surface area contributed by atoms with Gasteiger partial charge in [0.1, 0.15) is 5.82 Å². The van der Waals surface area contributed by atoms with E-state index in [-0.39, 0.29) is 12.5 Å². The first kappa shape index (κ1) is 19.6. The number of hydrogen-bond donors (Lipinski definition) is 2. The molecule has 2 saturated heterocycles. The molecule has 5 rings (SSSR count). The Kier molecular flexibility index (Phi) is 4.30. The van der Waals surface area contributed by atoms with Gasteiger partial charge in [-0.05, 0) is 31.5 Å². The number of barbiturate groups is 1. The highest BCUT2D eigenvalue weighted by Gasteiger charge is 2.63. The first-order valence-corrected chi connectivity index (χ1v) is 9.99. The molecule has 2 aromatic rings. The number of halogens is 1. The maximum absolute atomic E-state index is 15.5. The van der Waals surface area contributed by atoms with E-state index >= 15 is 4.39 Å². The van der Waals surface area contributed by atoms with Crippen molar-refractivity contribution in [2.24, 2.45) is 5.41 Å². The number of aromatic nitrogens is 2. The molecule has 3 atom stereocenters. The van der Waals surface area contributed by atoms with Crippen LogP contribution >= 0.6 is 0 Å². The molecule has 0 aliphatic carbocycles. The Labute approximate surface area is 177 Å². The number of carbonyl (C=O) groups is 3. The van der Waals surface area contributed by atoms with Gasteiger partial charge in [-0.25, -0.2) is 9.18 Å². The number of nitrogens with one attached hydrogen (secondary N) is 2. The molecule has 31 heavy (non-hydrogen) atoms. The molecule has 4 heterocycles. The van der Waals surface area contributed by atoms with Gasteiger partial charge in [0.25, 0.3) is 0 Å². The van der Waals surface area contributed by atoms with Gasteiger partial charge >= 0.3 is 6.03 Å². The molecule has 0 radical (unpaired) electrons. The van der Waals surface area contributed by atoms with Crippen molar-refractivity contribution in [3.63, 3.8) is 0 Å². The highest BCUT2D eigenvalue weighted by atomic mass is 19.1. The van der Waals surface area contributed by atoms with Gasteiger partial charge in [0.2, 0.25) is 11.8 Å². The zero-order valence-corrected chi connectivity index (χ0v) is 16.9. The quantitative estimate of drug-likeness (QED) is 0.660. The summed E-state index contributed by atoms with van der Waals surface area (Å²) < 4.78 is 21.4. The SMILES string of the molecule is CC1CN2c3c(F)cc(-c4cnccn4)cc3CC3(C(=O)NC(=O)NC3=O)C2C(C)O1. The second-order valence-electron chi connectivity index (χ2n) is 8.19. The molecule has 10 heteroatoms. The van der Waals surface area contributed by atoms with E-state index in [0.717, 1.165) is 0 Å². The van der Waals surface area contributed by atoms with Crippen LogP contribution in [-0.2, 0) is 20.7 Å². The molecule has 2 fully saturated rings. The van der Waals surface area contributed by atoms with Crippen LogP contribution in [0.2, 0.25) is 0 Å². The van der Waals surface area contributed by atoms with Crippen molar-refractivity contribution in [3.8, 4) is 11.3 Å². The smallest absolute Gasteiger partial charge is 0.328 e. The zero-order valence-electron chi connectivity index (χ0n) is 16.9. The lowest BCUT2D eigenvalue weighted by atomic mass is 9.66. The largest absolute Gasteiger partial charge is 0.372 e. The molecule has 9 nitrogen and oxygen atoms in total. The fourth-order valence-electron chi connectivity index (χ4n) is 5.13. The predicted octanol–water partition coefficient (Wildman–Crippen LogP) is 1.17. The molecule has 3 unspecified atom stereocenters. The minimum Gasteiger partial charge on any atom is -0.372 e. The summed E-state index contributed by atoms with van der Waals surface area (Å²) in [6.07, 6.45) is 3.65. The number of morpholine rings is 1. The molecular weight excluding hydrogens is 405 g/mol. The van der Waals surface area contributed by atoms with E-state index in [1.165, 1.54) is 24.7 Å². The summed E-state index contributed by atoms with van der Waals surface area (Å²) in [6, 6.07) is 1.46. The van der Waals surface area contributed by atoms with Crippen molar-refractivity contribution in [1.29, 1.82) is 0 Å². The third-order valence-corrected chi connectivity index (χ3v) is 6.21. The van der Waals surface area contributed by atoms with Gasteiger partial charge < -0.3 is 9.64 Å². The van der Waals surface area contributed by atoms with Crippen LogP contribution in [0.5, 0.6) is 0 Å². The van der Waals surface area contributed by atoms with E-state index in [1.54, 1.807) is 17.9 Å². The monoisotopic (exact) mass is 425 g/mol. The minimum absolute atomic E-state index is 0.0818. The predicted molar refractivity (Wildman–Crippen MR) is 106 cm³/mol. The Bertz CT molecular complexity index is 1090. The van der Waals surface area contributed by atoms with Gasteiger partial charge in [0.15, 0.2) is 5.41 Å². The van der Waals surface area contributed by atoms with E-state index < -0.39 is 41.2 Å². The van der Waals surface area contributed by atoms with E-state index in [9.17, 15) is 14.4 Å². The molecular formula is C21H20FN5O4. The second kappa shape index (κ2) is 6.81. The number of urea groups is 1. The summed E-state index contributed by atoms with van der Waals surface area (Å²) in [5, 5.41) is 4.44. The molecule has 160 valence electrons. The molecule has 2 N–H and O–H groups in total. The fraction of sp³-hybridized carbons (Fsp3) is 0.381. The van der Waals surface area contributed by atoms with E-state index in [4.69, 9.17) is 4.74 Å². The molecule has 4 amide bonds. The van der Waals surface area contributed by atoms with Gasteiger partial charge in [0, 0.05) is 30.9 Å². The normalized spacial score (nSPS) is 26.7. The standard InChI is InChI=1S/C21H20FN5O4/c1-10-9-27-16-13(5-12(6-14(16)22)15-8-23-3-4-24-15)7-21(17(27)11(2)31-10)18(28)25-20(30)26-19(21)29/h3-6,8,10-11,17H,7,9H2,1-2H3,(H2,25,26,28,29,30). The number of fused-ring (bicyclic) bond motifs is 4. The van der Waals surface area contributed by atoms with Crippen molar-refractivity contribution >= 4 is 23.5 Å². The Morgan fingerprint density at radius 2 is 1.90 bits per heavy atom. The number of anilines is 1. The summed E-state index contributed by atoms with van der Waals surface area (Å²) in [4.78, 5) is 48.0. The second-order valence-corrected chi connectivity index (χ2v) is 8.19. The van der Waals surface area contributed by atoms with E-state index in [0.29, 0.717) is 29.1 Å². The third kappa shape index (κ3) is 2.82. The van der Waals surface area contributed by atoms with Gasteiger partial charge in [-0.3, -0.25) is 30.2 Å². The lowest BCUT2D eigenvalue weighted by Gasteiger charge is -2.55. The average molecular weight is 425 g/mol. The highest BCUT2D eigenvalue weighted by Crippen LogP contribution is 2.48. The van der Waals surface area contributed by atoms with Crippen LogP contribution in [0.1, 0.15) is 19.4 Å². The summed E-state index contributed by atoms with van der Waals surface area (Å²) in [6.45, 7) is 3.90. The Morgan fingerprint density at radius 3 is 2.58 bits per heavy atom. The molecule has 1 spiro atoms. The van der Waals surface area contributed by atoms with Crippen LogP contribution in [0.15, 0.2) is 30.7 Å². The minimum atomic E-state index is -1.64. The Hall–Kier alpha value is -3.40. The van der Waals surface area contributed by atoms with Crippen LogP contribution in [0.4, 0.5) is 14.9 Å². The molecule has 1 aromatic heterocycles. The highest BCUT2D eigenvalue weighted by molar-refractivity contribution is 6.20. The summed E-state index contributed by atoms with van der Waals surface area (Å²) in [7, 11) is 0. The number of imide groups is 2. The van der Waals surface area contributed by atoms with Crippen molar-refractivity contribution in [2.45, 2.75) is 38.5 Å².